The SMILES string of the molecule is CC(NC(=O)Cc1ccccc1)c1nc2ccccc2n1CCCOc1ccc(Cl)cc1. The van der Waals surface area contributed by atoms with Gasteiger partial charge >= 0.3 is 0 Å². The molecule has 0 aliphatic carbocycles. The van der Waals surface area contributed by atoms with Gasteiger partial charge in [-0.15, -0.1) is 0 Å². The van der Waals surface area contributed by atoms with Crippen LogP contribution < -0.4 is 10.1 Å². The summed E-state index contributed by atoms with van der Waals surface area (Å²) in [4.78, 5) is 17.4. The first-order valence-electron chi connectivity index (χ1n) is 10.8. The lowest BCUT2D eigenvalue weighted by Crippen LogP contribution is -2.30. The summed E-state index contributed by atoms with van der Waals surface area (Å²) in [6.07, 6.45) is 1.15. The van der Waals surface area contributed by atoms with Gasteiger partial charge in [-0.2, -0.15) is 0 Å². The van der Waals surface area contributed by atoms with Crippen molar-refractivity contribution in [3.05, 3.63) is 95.3 Å². The fourth-order valence-corrected chi connectivity index (χ4v) is 3.87. The summed E-state index contributed by atoms with van der Waals surface area (Å²) in [6, 6.07) is 24.9. The molecule has 1 atom stereocenters. The van der Waals surface area contributed by atoms with E-state index in [0.717, 1.165) is 41.1 Å². The number of carbonyl (C=O) groups is 1. The molecule has 4 rings (SSSR count). The van der Waals surface area contributed by atoms with Crippen molar-refractivity contribution in [2.45, 2.75) is 32.4 Å². The summed E-state index contributed by atoms with van der Waals surface area (Å²) in [6.45, 7) is 3.29. The molecule has 0 bridgehead atoms. The topological polar surface area (TPSA) is 56.2 Å². The van der Waals surface area contributed by atoms with Crippen molar-refractivity contribution in [2.75, 3.05) is 6.61 Å². The fourth-order valence-electron chi connectivity index (χ4n) is 3.74. The van der Waals surface area contributed by atoms with Crippen LogP contribution in [0.25, 0.3) is 11.0 Å². The Bertz CT molecular complexity index is 1170. The Morgan fingerprint density at radius 1 is 1.03 bits per heavy atom. The lowest BCUT2D eigenvalue weighted by Gasteiger charge is -2.17. The van der Waals surface area contributed by atoms with Crippen molar-refractivity contribution in [1.29, 1.82) is 0 Å². The Labute approximate surface area is 193 Å². The van der Waals surface area contributed by atoms with Crippen LogP contribution in [-0.4, -0.2) is 22.1 Å². The van der Waals surface area contributed by atoms with Crippen molar-refractivity contribution in [2.24, 2.45) is 0 Å². The number of para-hydroxylation sites is 2. The van der Waals surface area contributed by atoms with Crippen LogP contribution in [0.3, 0.4) is 0 Å². The highest BCUT2D eigenvalue weighted by Crippen LogP contribution is 2.22. The Morgan fingerprint density at radius 3 is 2.53 bits per heavy atom. The molecule has 0 fully saturated rings. The van der Waals surface area contributed by atoms with Crippen molar-refractivity contribution in [1.82, 2.24) is 14.9 Å². The maximum atomic E-state index is 12.6. The Morgan fingerprint density at radius 2 is 1.75 bits per heavy atom. The van der Waals surface area contributed by atoms with Crippen LogP contribution in [0.1, 0.15) is 30.8 Å². The van der Waals surface area contributed by atoms with Crippen LogP contribution in [0.5, 0.6) is 5.75 Å². The van der Waals surface area contributed by atoms with Crippen LogP contribution in [0.15, 0.2) is 78.9 Å². The highest BCUT2D eigenvalue weighted by Gasteiger charge is 2.18. The summed E-state index contributed by atoms with van der Waals surface area (Å²) in [7, 11) is 0. The maximum Gasteiger partial charge on any atom is 0.224 e. The van der Waals surface area contributed by atoms with Gasteiger partial charge in [-0.3, -0.25) is 4.79 Å². The molecule has 0 saturated heterocycles. The summed E-state index contributed by atoms with van der Waals surface area (Å²) in [5, 5.41) is 3.79. The molecule has 3 aromatic carbocycles. The summed E-state index contributed by atoms with van der Waals surface area (Å²) in [5.41, 5.74) is 2.97. The molecule has 6 heteroatoms. The molecule has 164 valence electrons. The van der Waals surface area contributed by atoms with Gasteiger partial charge in [0.05, 0.1) is 30.1 Å². The summed E-state index contributed by atoms with van der Waals surface area (Å²) < 4.78 is 8.02. The Hall–Kier alpha value is -3.31. The van der Waals surface area contributed by atoms with Gasteiger partial charge in [0.1, 0.15) is 11.6 Å². The first kappa shape index (κ1) is 21.9. The molecule has 0 aliphatic rings. The third-order valence-electron chi connectivity index (χ3n) is 5.26. The highest BCUT2D eigenvalue weighted by molar-refractivity contribution is 6.30. The van der Waals surface area contributed by atoms with E-state index in [1.165, 1.54) is 0 Å². The van der Waals surface area contributed by atoms with Crippen LogP contribution in [0.4, 0.5) is 0 Å². The zero-order valence-electron chi connectivity index (χ0n) is 18.0. The normalized spacial score (nSPS) is 11.9. The molecule has 0 saturated carbocycles. The van der Waals surface area contributed by atoms with Crippen molar-refractivity contribution < 1.29 is 9.53 Å². The predicted octanol–water partition coefficient (Wildman–Crippen LogP) is 5.58. The molecular weight excluding hydrogens is 422 g/mol. The second kappa shape index (κ2) is 10.3. The molecule has 32 heavy (non-hydrogen) atoms. The van der Waals surface area contributed by atoms with Crippen LogP contribution in [-0.2, 0) is 17.8 Å². The lowest BCUT2D eigenvalue weighted by atomic mass is 10.1. The van der Waals surface area contributed by atoms with Crippen molar-refractivity contribution in [3.8, 4) is 5.75 Å². The van der Waals surface area contributed by atoms with E-state index in [4.69, 9.17) is 21.3 Å². The summed E-state index contributed by atoms with van der Waals surface area (Å²) >= 11 is 5.93. The number of nitrogens with one attached hydrogen (secondary N) is 1. The van der Waals surface area contributed by atoms with E-state index in [-0.39, 0.29) is 11.9 Å². The largest absolute Gasteiger partial charge is 0.494 e. The molecule has 1 unspecified atom stereocenters. The highest BCUT2D eigenvalue weighted by atomic mass is 35.5. The van der Waals surface area contributed by atoms with Gasteiger partial charge < -0.3 is 14.6 Å². The van der Waals surface area contributed by atoms with E-state index in [0.29, 0.717) is 18.1 Å². The molecule has 1 amide bonds. The maximum absolute atomic E-state index is 12.6. The number of aromatic nitrogens is 2. The van der Waals surface area contributed by atoms with Gasteiger partial charge in [0.25, 0.3) is 0 Å². The second-order valence-corrected chi connectivity index (χ2v) is 8.15. The standard InChI is InChI=1S/C26H26ClN3O2/c1-19(28-25(31)18-20-8-3-2-4-9-20)26-29-23-10-5-6-11-24(23)30(26)16-7-17-32-22-14-12-21(27)13-15-22/h2-6,8-15,19H,7,16-18H2,1H3,(H,28,31). The third-order valence-corrected chi connectivity index (χ3v) is 5.52. The molecule has 0 radical (unpaired) electrons. The first-order chi connectivity index (χ1) is 15.6. The quantitative estimate of drug-likeness (QED) is 0.341. The number of carbonyl (C=O) groups excluding carboxylic acids is 1. The zero-order valence-corrected chi connectivity index (χ0v) is 18.8. The Balaban J connectivity index is 1.43. The minimum atomic E-state index is -0.212. The number of amides is 1. The average molecular weight is 448 g/mol. The van der Waals surface area contributed by atoms with E-state index in [9.17, 15) is 4.79 Å². The van der Waals surface area contributed by atoms with E-state index >= 15 is 0 Å². The minimum absolute atomic E-state index is 0.0200. The number of ether oxygens (including phenoxy) is 1. The molecule has 5 nitrogen and oxygen atoms in total. The van der Waals surface area contributed by atoms with Crippen molar-refractivity contribution >= 4 is 28.5 Å². The first-order valence-corrected chi connectivity index (χ1v) is 11.1. The van der Waals surface area contributed by atoms with Gasteiger partial charge in [-0.25, -0.2) is 4.98 Å². The van der Waals surface area contributed by atoms with E-state index in [1.54, 1.807) is 0 Å². The molecule has 1 heterocycles. The number of fused-ring (bicyclic) bond motifs is 1. The van der Waals surface area contributed by atoms with Crippen LogP contribution >= 0.6 is 11.6 Å². The lowest BCUT2D eigenvalue weighted by molar-refractivity contribution is -0.121. The second-order valence-electron chi connectivity index (χ2n) is 7.72. The zero-order chi connectivity index (χ0) is 22.3. The number of aryl methyl sites for hydroxylation is 1. The van der Waals surface area contributed by atoms with Gasteiger partial charge in [0, 0.05) is 11.6 Å². The third kappa shape index (κ3) is 5.48. The fraction of sp³-hybridized carbons (Fsp3) is 0.231. The van der Waals surface area contributed by atoms with Gasteiger partial charge in [0.15, 0.2) is 0 Å². The monoisotopic (exact) mass is 447 g/mol. The van der Waals surface area contributed by atoms with E-state index in [2.05, 4.69) is 16.0 Å². The number of hydrogen-bond acceptors (Lipinski definition) is 3. The number of hydrogen-bond donors (Lipinski definition) is 1. The molecular formula is C26H26ClN3O2. The van der Waals surface area contributed by atoms with Crippen LogP contribution in [0.2, 0.25) is 5.02 Å². The molecule has 0 spiro atoms. The number of benzene rings is 3. The van der Waals surface area contributed by atoms with E-state index < -0.39 is 0 Å². The number of rotatable bonds is 9. The van der Waals surface area contributed by atoms with Crippen molar-refractivity contribution in [3.63, 3.8) is 0 Å². The molecule has 0 aliphatic heterocycles. The van der Waals surface area contributed by atoms with Gasteiger partial charge in [0.2, 0.25) is 5.91 Å². The number of nitrogens with zero attached hydrogens (tertiary/aromatic N) is 2. The smallest absolute Gasteiger partial charge is 0.224 e. The number of imidazole rings is 1. The molecule has 1 N–H and O–H groups in total. The van der Waals surface area contributed by atoms with E-state index in [1.807, 2.05) is 79.7 Å². The average Bonchev–Trinajstić information content (AvgIpc) is 3.17. The predicted molar refractivity (Wildman–Crippen MR) is 128 cm³/mol. The summed E-state index contributed by atoms with van der Waals surface area (Å²) in [5.74, 6) is 1.62. The molecule has 4 aromatic rings. The molecule has 1 aromatic heterocycles. The van der Waals surface area contributed by atoms with Gasteiger partial charge in [-0.1, -0.05) is 54.1 Å². The minimum Gasteiger partial charge on any atom is -0.494 e. The van der Waals surface area contributed by atoms with Crippen LogP contribution in [0, 0.1) is 0 Å². The van der Waals surface area contributed by atoms with Gasteiger partial charge in [-0.05, 0) is 55.3 Å². The Kier molecular flexibility index (Phi) is 7.07. The number of halogens is 1.